The molecule has 1 aromatic heterocycles. The van der Waals surface area contributed by atoms with Crippen LogP contribution in [0.25, 0.3) is 22.2 Å². The van der Waals surface area contributed by atoms with Crippen LogP contribution in [0.3, 0.4) is 0 Å². The van der Waals surface area contributed by atoms with Crippen molar-refractivity contribution in [2.45, 2.75) is 82.9 Å². The van der Waals surface area contributed by atoms with Gasteiger partial charge in [0.1, 0.15) is 0 Å². The van der Waals surface area contributed by atoms with E-state index < -0.39 is 0 Å². The van der Waals surface area contributed by atoms with Crippen molar-refractivity contribution in [1.29, 1.82) is 0 Å². The van der Waals surface area contributed by atoms with Gasteiger partial charge in [-0.2, -0.15) is 0 Å². The van der Waals surface area contributed by atoms with Crippen molar-refractivity contribution < 1.29 is 9.47 Å². The number of benzene rings is 2. The standard InChI is InChI=1S/C30H40N2O2/c1-33-17-18-34-22-23-19-25-21-28(24-11-5-2-6-12-24)31-30(25)29(20-23)32(26-13-7-3-8-14-26)27-15-9-4-10-16-27/h2,5-6,11-12,19-21,26-27,31H,3-4,7-10,13-18,22H2,1H3. The molecule has 0 bridgehead atoms. The van der Waals surface area contributed by atoms with Crippen LogP contribution in [0.2, 0.25) is 0 Å². The number of aromatic nitrogens is 1. The highest BCUT2D eigenvalue weighted by molar-refractivity contribution is 5.96. The first-order valence-corrected chi connectivity index (χ1v) is 13.4. The van der Waals surface area contributed by atoms with Gasteiger partial charge in [0, 0.05) is 30.3 Å². The summed E-state index contributed by atoms with van der Waals surface area (Å²) < 4.78 is 11.2. The Morgan fingerprint density at radius 3 is 2.15 bits per heavy atom. The molecule has 0 aliphatic heterocycles. The molecule has 0 atom stereocenters. The Morgan fingerprint density at radius 2 is 1.50 bits per heavy atom. The number of rotatable bonds is 9. The van der Waals surface area contributed by atoms with Crippen molar-refractivity contribution in [3.63, 3.8) is 0 Å². The van der Waals surface area contributed by atoms with Crippen molar-refractivity contribution in [3.05, 3.63) is 54.1 Å². The van der Waals surface area contributed by atoms with E-state index in [1.807, 2.05) is 0 Å². The molecule has 182 valence electrons. The number of hydrogen-bond acceptors (Lipinski definition) is 3. The number of hydrogen-bond donors (Lipinski definition) is 1. The first kappa shape index (κ1) is 23.4. The Bertz CT molecular complexity index is 1010. The number of nitrogens with one attached hydrogen (secondary N) is 1. The number of anilines is 1. The Balaban J connectivity index is 1.57. The van der Waals surface area contributed by atoms with Crippen molar-refractivity contribution >= 4 is 16.6 Å². The molecule has 5 rings (SSSR count). The summed E-state index contributed by atoms with van der Waals surface area (Å²) in [4.78, 5) is 6.69. The second-order valence-corrected chi connectivity index (χ2v) is 10.2. The molecule has 0 unspecified atom stereocenters. The molecule has 2 aromatic carbocycles. The number of fused-ring (bicyclic) bond motifs is 1. The van der Waals surface area contributed by atoms with Gasteiger partial charge >= 0.3 is 0 Å². The highest BCUT2D eigenvalue weighted by atomic mass is 16.5. The van der Waals surface area contributed by atoms with E-state index in [-0.39, 0.29) is 0 Å². The van der Waals surface area contributed by atoms with Crippen LogP contribution < -0.4 is 4.90 Å². The van der Waals surface area contributed by atoms with E-state index in [0.717, 1.165) is 0 Å². The van der Waals surface area contributed by atoms with Gasteiger partial charge in [-0.3, -0.25) is 0 Å². The summed E-state index contributed by atoms with van der Waals surface area (Å²) in [5.74, 6) is 0. The molecular formula is C30H40N2O2. The van der Waals surface area contributed by atoms with Crippen LogP contribution in [0.4, 0.5) is 5.69 Å². The van der Waals surface area contributed by atoms with Gasteiger partial charge in [-0.05, 0) is 55.0 Å². The average Bonchev–Trinajstić information content (AvgIpc) is 3.33. The number of ether oxygens (including phenoxy) is 2. The van der Waals surface area contributed by atoms with Gasteiger partial charge in [-0.15, -0.1) is 0 Å². The third kappa shape index (κ3) is 5.34. The van der Waals surface area contributed by atoms with Crippen LogP contribution in [-0.4, -0.2) is 37.4 Å². The number of methoxy groups -OCH3 is 1. The van der Waals surface area contributed by atoms with E-state index >= 15 is 0 Å². The predicted molar refractivity (Wildman–Crippen MR) is 141 cm³/mol. The highest BCUT2D eigenvalue weighted by Crippen LogP contribution is 2.39. The van der Waals surface area contributed by atoms with Gasteiger partial charge in [0.2, 0.25) is 0 Å². The van der Waals surface area contributed by atoms with Crippen LogP contribution in [0, 0.1) is 0 Å². The highest BCUT2D eigenvalue weighted by Gasteiger charge is 2.31. The molecule has 0 spiro atoms. The zero-order chi connectivity index (χ0) is 23.2. The van der Waals surface area contributed by atoms with Gasteiger partial charge in [0.05, 0.1) is 31.0 Å². The van der Waals surface area contributed by atoms with E-state index in [2.05, 4.69) is 58.4 Å². The van der Waals surface area contributed by atoms with Gasteiger partial charge in [0.15, 0.2) is 0 Å². The molecule has 4 nitrogen and oxygen atoms in total. The first-order valence-electron chi connectivity index (χ1n) is 13.4. The summed E-state index contributed by atoms with van der Waals surface area (Å²) in [6.07, 6.45) is 13.5. The Morgan fingerprint density at radius 1 is 0.824 bits per heavy atom. The van der Waals surface area contributed by atoms with Crippen molar-refractivity contribution in [2.75, 3.05) is 25.2 Å². The molecule has 0 radical (unpaired) electrons. The van der Waals surface area contributed by atoms with Gasteiger partial charge < -0.3 is 19.4 Å². The molecule has 1 N–H and O–H groups in total. The summed E-state index contributed by atoms with van der Waals surface area (Å²) in [5.41, 5.74) is 6.37. The zero-order valence-corrected chi connectivity index (χ0v) is 20.7. The minimum absolute atomic E-state index is 0.626. The van der Waals surface area contributed by atoms with E-state index in [1.54, 1.807) is 7.11 Å². The normalized spacial score (nSPS) is 17.9. The third-order valence-electron chi connectivity index (χ3n) is 7.77. The summed E-state index contributed by atoms with van der Waals surface area (Å²) >= 11 is 0. The maximum atomic E-state index is 5.97. The van der Waals surface area contributed by atoms with Gasteiger partial charge in [-0.25, -0.2) is 0 Å². The molecule has 2 fully saturated rings. The lowest BCUT2D eigenvalue weighted by Gasteiger charge is -2.44. The number of aromatic amines is 1. The topological polar surface area (TPSA) is 37.5 Å². The van der Waals surface area contributed by atoms with E-state index in [9.17, 15) is 0 Å². The minimum Gasteiger partial charge on any atom is -0.382 e. The lowest BCUT2D eigenvalue weighted by atomic mass is 9.88. The minimum atomic E-state index is 0.626. The number of H-pyrrole nitrogens is 1. The maximum Gasteiger partial charge on any atom is 0.0719 e. The monoisotopic (exact) mass is 460 g/mol. The molecule has 2 aliphatic carbocycles. The lowest BCUT2D eigenvalue weighted by molar-refractivity contribution is 0.0617. The van der Waals surface area contributed by atoms with Crippen LogP contribution in [0.5, 0.6) is 0 Å². The second kappa shape index (κ2) is 11.4. The van der Waals surface area contributed by atoms with E-state index in [4.69, 9.17) is 9.47 Å². The SMILES string of the molecule is COCCOCc1cc(N(C2CCCCC2)C2CCCCC2)c2[nH]c(-c3ccccc3)cc2c1. The fourth-order valence-electron chi connectivity index (χ4n) is 6.09. The average molecular weight is 461 g/mol. The van der Waals surface area contributed by atoms with Gasteiger partial charge in [-0.1, -0.05) is 68.9 Å². The number of nitrogens with zero attached hydrogens (tertiary/aromatic N) is 1. The molecule has 3 aromatic rings. The molecule has 0 amide bonds. The Hall–Kier alpha value is -2.30. The zero-order valence-electron chi connectivity index (χ0n) is 20.7. The second-order valence-electron chi connectivity index (χ2n) is 10.2. The summed E-state index contributed by atoms with van der Waals surface area (Å²) in [5, 5.41) is 1.29. The summed E-state index contributed by atoms with van der Waals surface area (Å²) in [6.45, 7) is 1.89. The van der Waals surface area contributed by atoms with Crippen LogP contribution in [0.1, 0.15) is 69.8 Å². The van der Waals surface area contributed by atoms with Crippen LogP contribution in [0.15, 0.2) is 48.5 Å². The molecule has 2 saturated carbocycles. The molecular weight excluding hydrogens is 420 g/mol. The predicted octanol–water partition coefficient (Wildman–Crippen LogP) is 7.47. The molecule has 4 heteroatoms. The Labute approximate surface area is 204 Å². The van der Waals surface area contributed by atoms with E-state index in [0.29, 0.717) is 31.9 Å². The molecule has 34 heavy (non-hydrogen) atoms. The van der Waals surface area contributed by atoms with Crippen LogP contribution >= 0.6 is 0 Å². The summed E-state index contributed by atoms with van der Waals surface area (Å²) in [6, 6.07) is 19.1. The first-order chi connectivity index (χ1) is 16.8. The quantitative estimate of drug-likeness (QED) is 0.337. The third-order valence-corrected chi connectivity index (χ3v) is 7.77. The summed E-state index contributed by atoms with van der Waals surface area (Å²) in [7, 11) is 1.73. The van der Waals surface area contributed by atoms with Crippen molar-refractivity contribution in [2.24, 2.45) is 0 Å². The van der Waals surface area contributed by atoms with Crippen molar-refractivity contribution in [1.82, 2.24) is 4.98 Å². The fraction of sp³-hybridized carbons (Fsp3) is 0.533. The molecule has 1 heterocycles. The van der Waals surface area contributed by atoms with Crippen LogP contribution in [-0.2, 0) is 16.1 Å². The molecule has 2 aliphatic rings. The maximum absolute atomic E-state index is 5.97. The lowest BCUT2D eigenvalue weighted by Crippen LogP contribution is -2.45. The Kier molecular flexibility index (Phi) is 7.87. The fourth-order valence-corrected chi connectivity index (χ4v) is 6.09. The van der Waals surface area contributed by atoms with Gasteiger partial charge in [0.25, 0.3) is 0 Å². The smallest absolute Gasteiger partial charge is 0.0719 e. The van der Waals surface area contributed by atoms with E-state index in [1.165, 1.54) is 97.6 Å². The largest absolute Gasteiger partial charge is 0.382 e. The molecule has 0 saturated heterocycles. The van der Waals surface area contributed by atoms with Crippen molar-refractivity contribution in [3.8, 4) is 11.3 Å².